The quantitative estimate of drug-likeness (QED) is 0.828. The van der Waals surface area contributed by atoms with Gasteiger partial charge in [-0.2, -0.15) is 0 Å². The number of hydrogen-bond donors (Lipinski definition) is 1. The number of rotatable bonds is 1. The summed E-state index contributed by atoms with van der Waals surface area (Å²) in [4.78, 5) is 38.7. The van der Waals surface area contributed by atoms with Gasteiger partial charge in [0.15, 0.2) is 5.78 Å². The molecule has 0 bridgehead atoms. The second kappa shape index (κ2) is 5.07. The molecule has 6 nitrogen and oxygen atoms in total. The Labute approximate surface area is 145 Å². The maximum atomic E-state index is 12.9. The summed E-state index contributed by atoms with van der Waals surface area (Å²) in [5, 5.41) is 2.75. The number of nitrogens with zero attached hydrogens (tertiary/aromatic N) is 1. The monoisotopic (exact) mass is 340 g/mol. The standard InChI is InChI=1S/C19H20N2O4/c22-13-9-19(25-14-4-2-1-3-11(13)14)6-5-12-16(17(12)19)18(24)21-8-7-20-15(23)10-21/h1-4,12,16-17H,5-10H2,(H,20,23)/t12-,16+,17-,19-/m0/s1. The van der Waals surface area contributed by atoms with Crippen LogP contribution in [0, 0.1) is 17.8 Å². The van der Waals surface area contributed by atoms with Crippen molar-refractivity contribution in [3.8, 4) is 5.75 Å². The van der Waals surface area contributed by atoms with E-state index in [0.717, 1.165) is 12.8 Å². The molecule has 0 aromatic heterocycles. The van der Waals surface area contributed by atoms with Crippen molar-refractivity contribution in [1.82, 2.24) is 10.2 Å². The van der Waals surface area contributed by atoms with Crippen LogP contribution in [-0.4, -0.2) is 47.7 Å². The van der Waals surface area contributed by atoms with Gasteiger partial charge in [-0.15, -0.1) is 0 Å². The lowest BCUT2D eigenvalue weighted by atomic mass is 9.84. The van der Waals surface area contributed by atoms with Crippen LogP contribution < -0.4 is 10.1 Å². The molecule has 2 aliphatic heterocycles. The van der Waals surface area contributed by atoms with E-state index in [-0.39, 0.29) is 41.9 Å². The number of Topliss-reactive ketones (excluding diaryl/α,β-unsaturated/α-hetero) is 1. The van der Waals surface area contributed by atoms with E-state index in [9.17, 15) is 14.4 Å². The van der Waals surface area contributed by atoms with Crippen LogP contribution in [0.25, 0.3) is 0 Å². The van der Waals surface area contributed by atoms with E-state index in [4.69, 9.17) is 4.74 Å². The molecule has 1 aromatic carbocycles. The van der Waals surface area contributed by atoms with E-state index < -0.39 is 5.60 Å². The highest BCUT2D eigenvalue weighted by Gasteiger charge is 2.71. The first-order chi connectivity index (χ1) is 12.1. The maximum absolute atomic E-state index is 12.9. The van der Waals surface area contributed by atoms with Crippen molar-refractivity contribution in [1.29, 1.82) is 0 Å². The number of benzene rings is 1. The molecule has 5 rings (SSSR count). The van der Waals surface area contributed by atoms with Crippen molar-refractivity contribution in [2.45, 2.75) is 24.9 Å². The molecule has 1 spiro atoms. The van der Waals surface area contributed by atoms with Crippen molar-refractivity contribution in [3.05, 3.63) is 29.8 Å². The predicted octanol–water partition coefficient (Wildman–Crippen LogP) is 1.00. The van der Waals surface area contributed by atoms with E-state index >= 15 is 0 Å². The SMILES string of the molecule is O=C1CN(C(=O)[C@@H]2[C@@H]3CC[C@]4(CC(=O)c5ccccc5O4)[C@@H]32)CCN1. The predicted molar refractivity (Wildman–Crippen MR) is 88.0 cm³/mol. The number of carbonyl (C=O) groups excluding carboxylic acids is 3. The Morgan fingerprint density at radius 3 is 2.96 bits per heavy atom. The highest BCUT2D eigenvalue weighted by Crippen LogP contribution is 2.66. The fourth-order valence-corrected chi connectivity index (χ4v) is 5.14. The number of ketones is 1. The van der Waals surface area contributed by atoms with Crippen LogP contribution in [0.2, 0.25) is 0 Å². The van der Waals surface area contributed by atoms with Crippen molar-refractivity contribution in [3.63, 3.8) is 0 Å². The number of ether oxygens (including phenoxy) is 1. The largest absolute Gasteiger partial charge is 0.486 e. The van der Waals surface area contributed by atoms with Crippen LogP contribution in [0.4, 0.5) is 0 Å². The molecule has 6 heteroatoms. The summed E-state index contributed by atoms with van der Waals surface area (Å²) in [6.45, 7) is 1.22. The van der Waals surface area contributed by atoms with E-state index in [2.05, 4.69) is 5.32 Å². The van der Waals surface area contributed by atoms with Gasteiger partial charge in [0.2, 0.25) is 11.8 Å². The van der Waals surface area contributed by atoms with Gasteiger partial charge in [-0.3, -0.25) is 14.4 Å². The molecule has 1 aromatic rings. The number of carbonyl (C=O) groups is 3. The third-order valence-electron chi connectivity index (χ3n) is 6.27. The van der Waals surface area contributed by atoms with E-state index in [1.54, 1.807) is 11.0 Å². The first-order valence-corrected chi connectivity index (χ1v) is 8.96. The Morgan fingerprint density at radius 2 is 2.12 bits per heavy atom. The second-order valence-electron chi connectivity index (χ2n) is 7.63. The van der Waals surface area contributed by atoms with Gasteiger partial charge in [0, 0.05) is 24.9 Å². The summed E-state index contributed by atoms with van der Waals surface area (Å²) in [5.74, 6) is 1.00. The summed E-state index contributed by atoms with van der Waals surface area (Å²) in [6, 6.07) is 7.37. The van der Waals surface area contributed by atoms with Crippen LogP contribution in [0.15, 0.2) is 24.3 Å². The Bertz CT molecular complexity index is 791. The van der Waals surface area contributed by atoms with Gasteiger partial charge < -0.3 is 15.0 Å². The number of nitrogens with one attached hydrogen (secondary N) is 1. The molecule has 2 saturated carbocycles. The van der Waals surface area contributed by atoms with Crippen LogP contribution >= 0.6 is 0 Å². The lowest BCUT2D eigenvalue weighted by molar-refractivity contribution is -0.140. The Hall–Kier alpha value is -2.37. The van der Waals surface area contributed by atoms with Gasteiger partial charge >= 0.3 is 0 Å². The van der Waals surface area contributed by atoms with Crippen molar-refractivity contribution in [2.24, 2.45) is 17.8 Å². The number of hydrogen-bond acceptors (Lipinski definition) is 4. The first-order valence-electron chi connectivity index (χ1n) is 8.96. The molecular formula is C19H20N2O4. The topological polar surface area (TPSA) is 75.7 Å². The fourth-order valence-electron chi connectivity index (χ4n) is 5.14. The average molecular weight is 340 g/mol. The molecule has 0 unspecified atom stereocenters. The van der Waals surface area contributed by atoms with E-state index in [1.807, 2.05) is 18.2 Å². The first kappa shape index (κ1) is 14.9. The minimum atomic E-state index is -0.533. The van der Waals surface area contributed by atoms with Crippen LogP contribution in [0.1, 0.15) is 29.6 Å². The van der Waals surface area contributed by atoms with Gasteiger partial charge in [0.25, 0.3) is 0 Å². The summed E-state index contributed by atoms with van der Waals surface area (Å²) in [5.41, 5.74) is 0.113. The van der Waals surface area contributed by atoms with Gasteiger partial charge in [-0.25, -0.2) is 0 Å². The van der Waals surface area contributed by atoms with Crippen molar-refractivity contribution in [2.75, 3.05) is 19.6 Å². The minimum absolute atomic E-state index is 0.0545. The summed E-state index contributed by atoms with van der Waals surface area (Å²) in [7, 11) is 0. The molecule has 0 radical (unpaired) electrons. The lowest BCUT2D eigenvalue weighted by Gasteiger charge is -2.37. The molecule has 1 N–H and O–H groups in total. The second-order valence-corrected chi connectivity index (χ2v) is 7.63. The summed E-state index contributed by atoms with van der Waals surface area (Å²) in [6.07, 6.45) is 2.10. The Morgan fingerprint density at radius 1 is 1.28 bits per heavy atom. The third kappa shape index (κ3) is 2.12. The third-order valence-corrected chi connectivity index (χ3v) is 6.27. The average Bonchev–Trinajstić information content (AvgIpc) is 3.25. The molecule has 2 amide bonds. The zero-order chi connectivity index (χ0) is 17.2. The van der Waals surface area contributed by atoms with Gasteiger partial charge in [-0.05, 0) is 30.9 Å². The summed E-state index contributed by atoms with van der Waals surface area (Å²) < 4.78 is 6.32. The molecule has 3 fully saturated rings. The Kier molecular flexibility index (Phi) is 3.03. The minimum Gasteiger partial charge on any atom is -0.486 e. The highest BCUT2D eigenvalue weighted by atomic mass is 16.5. The molecule has 25 heavy (non-hydrogen) atoms. The molecule has 2 aliphatic carbocycles. The molecule has 130 valence electrons. The molecular weight excluding hydrogens is 320 g/mol. The van der Waals surface area contributed by atoms with Crippen molar-refractivity contribution >= 4 is 17.6 Å². The molecule has 4 aliphatic rings. The van der Waals surface area contributed by atoms with Gasteiger partial charge in [0.05, 0.1) is 18.5 Å². The van der Waals surface area contributed by atoms with Crippen LogP contribution in [-0.2, 0) is 9.59 Å². The highest BCUT2D eigenvalue weighted by molar-refractivity contribution is 6.00. The number of fused-ring (bicyclic) bond motifs is 3. The number of amides is 2. The zero-order valence-electron chi connectivity index (χ0n) is 13.9. The maximum Gasteiger partial charge on any atom is 0.239 e. The fraction of sp³-hybridized carbons (Fsp3) is 0.526. The lowest BCUT2D eigenvalue weighted by Crippen LogP contribution is -2.51. The van der Waals surface area contributed by atoms with E-state index in [0.29, 0.717) is 30.8 Å². The molecule has 4 atom stereocenters. The molecule has 1 saturated heterocycles. The zero-order valence-corrected chi connectivity index (χ0v) is 13.9. The number of para-hydroxylation sites is 1. The van der Waals surface area contributed by atoms with Gasteiger partial charge in [0.1, 0.15) is 11.4 Å². The van der Waals surface area contributed by atoms with Gasteiger partial charge in [-0.1, -0.05) is 12.1 Å². The normalized spacial score (nSPS) is 35.7. The van der Waals surface area contributed by atoms with Crippen LogP contribution in [0.3, 0.4) is 0 Å². The molecule has 2 heterocycles. The smallest absolute Gasteiger partial charge is 0.239 e. The number of piperazine rings is 1. The summed E-state index contributed by atoms with van der Waals surface area (Å²) >= 11 is 0. The Balaban J connectivity index is 1.39. The van der Waals surface area contributed by atoms with Crippen molar-refractivity contribution < 1.29 is 19.1 Å². The van der Waals surface area contributed by atoms with Crippen LogP contribution in [0.5, 0.6) is 5.75 Å². The van der Waals surface area contributed by atoms with E-state index in [1.165, 1.54) is 0 Å².